The minimum absolute atomic E-state index is 0.0444. The minimum Gasteiger partial charge on any atom is -0.352 e. The molecule has 0 aliphatic rings. The molecule has 1 atom stereocenters. The van der Waals surface area contributed by atoms with E-state index < -0.39 is 10.0 Å². The Morgan fingerprint density at radius 3 is 2.19 bits per heavy atom. The first kappa shape index (κ1) is 21.0. The zero-order valence-corrected chi connectivity index (χ0v) is 17.2. The SMILES string of the molecule is Cc1cccc(C)c1N(CC(=O)N[C@@H](C)CCc1ccccc1)S(C)(=O)=O. The molecule has 0 aromatic heterocycles. The normalized spacial score (nSPS) is 12.4. The predicted octanol–water partition coefficient (Wildman–Crippen LogP) is 3.21. The zero-order chi connectivity index (χ0) is 20.0. The highest BCUT2D eigenvalue weighted by Crippen LogP contribution is 2.26. The third-order valence-corrected chi connectivity index (χ3v) is 5.61. The van der Waals surface area contributed by atoms with Gasteiger partial charge in [-0.25, -0.2) is 8.42 Å². The molecule has 146 valence electrons. The number of hydrogen-bond acceptors (Lipinski definition) is 3. The first-order valence-electron chi connectivity index (χ1n) is 9.05. The lowest BCUT2D eigenvalue weighted by Crippen LogP contribution is -2.43. The van der Waals surface area contributed by atoms with Gasteiger partial charge in [-0.3, -0.25) is 9.10 Å². The average Bonchev–Trinajstić information content (AvgIpc) is 2.59. The lowest BCUT2D eigenvalue weighted by molar-refractivity contribution is -0.120. The number of amides is 1. The summed E-state index contributed by atoms with van der Waals surface area (Å²) in [5.41, 5.74) is 3.44. The summed E-state index contributed by atoms with van der Waals surface area (Å²) in [7, 11) is -3.58. The summed E-state index contributed by atoms with van der Waals surface area (Å²) in [6.45, 7) is 5.41. The van der Waals surface area contributed by atoms with Crippen molar-refractivity contribution in [3.8, 4) is 0 Å². The van der Waals surface area contributed by atoms with Gasteiger partial charge in [0.05, 0.1) is 11.9 Å². The van der Waals surface area contributed by atoms with Gasteiger partial charge >= 0.3 is 0 Å². The lowest BCUT2D eigenvalue weighted by Gasteiger charge is -2.26. The highest BCUT2D eigenvalue weighted by molar-refractivity contribution is 7.92. The summed E-state index contributed by atoms with van der Waals surface area (Å²) < 4.78 is 25.8. The molecule has 2 aromatic carbocycles. The number of sulfonamides is 1. The van der Waals surface area contributed by atoms with E-state index in [1.54, 1.807) is 0 Å². The highest BCUT2D eigenvalue weighted by Gasteiger charge is 2.24. The van der Waals surface area contributed by atoms with E-state index in [-0.39, 0.29) is 18.5 Å². The summed E-state index contributed by atoms with van der Waals surface area (Å²) in [6, 6.07) is 15.6. The van der Waals surface area contributed by atoms with E-state index >= 15 is 0 Å². The number of benzene rings is 2. The van der Waals surface area contributed by atoms with Crippen LogP contribution in [0, 0.1) is 13.8 Å². The molecule has 1 N–H and O–H groups in total. The van der Waals surface area contributed by atoms with Gasteiger partial charge in [0.1, 0.15) is 6.54 Å². The minimum atomic E-state index is -3.58. The molecule has 1 amide bonds. The maximum Gasteiger partial charge on any atom is 0.240 e. The Morgan fingerprint density at radius 2 is 1.63 bits per heavy atom. The van der Waals surface area contributed by atoms with Crippen molar-refractivity contribution in [2.24, 2.45) is 0 Å². The van der Waals surface area contributed by atoms with E-state index in [2.05, 4.69) is 17.4 Å². The smallest absolute Gasteiger partial charge is 0.240 e. The Balaban J connectivity index is 2.04. The molecule has 27 heavy (non-hydrogen) atoms. The molecule has 0 saturated carbocycles. The lowest BCUT2D eigenvalue weighted by atomic mass is 10.1. The van der Waals surface area contributed by atoms with Crippen LogP contribution in [0.15, 0.2) is 48.5 Å². The highest BCUT2D eigenvalue weighted by atomic mass is 32.2. The van der Waals surface area contributed by atoms with Crippen LogP contribution in [0.2, 0.25) is 0 Å². The Hall–Kier alpha value is -2.34. The number of nitrogens with one attached hydrogen (secondary N) is 1. The van der Waals surface area contributed by atoms with E-state index in [1.807, 2.05) is 57.2 Å². The Morgan fingerprint density at radius 1 is 1.04 bits per heavy atom. The molecular formula is C21H28N2O3S. The van der Waals surface area contributed by atoms with Gasteiger partial charge in [-0.05, 0) is 50.3 Å². The van der Waals surface area contributed by atoms with Gasteiger partial charge in [0, 0.05) is 6.04 Å². The molecule has 5 nitrogen and oxygen atoms in total. The number of carbonyl (C=O) groups is 1. The second kappa shape index (κ2) is 9.04. The van der Waals surface area contributed by atoms with Crippen molar-refractivity contribution in [1.29, 1.82) is 0 Å². The van der Waals surface area contributed by atoms with E-state index in [4.69, 9.17) is 0 Å². The molecule has 0 spiro atoms. The van der Waals surface area contributed by atoms with Gasteiger partial charge in [0.25, 0.3) is 0 Å². The average molecular weight is 389 g/mol. The monoisotopic (exact) mass is 388 g/mol. The van der Waals surface area contributed by atoms with Crippen LogP contribution < -0.4 is 9.62 Å². The molecule has 2 aromatic rings. The van der Waals surface area contributed by atoms with Gasteiger partial charge in [-0.1, -0.05) is 48.5 Å². The first-order chi connectivity index (χ1) is 12.7. The number of rotatable bonds is 8. The van der Waals surface area contributed by atoms with Crippen LogP contribution in [0.25, 0.3) is 0 Å². The predicted molar refractivity (Wildman–Crippen MR) is 110 cm³/mol. The van der Waals surface area contributed by atoms with E-state index in [0.717, 1.165) is 30.2 Å². The fourth-order valence-electron chi connectivity index (χ4n) is 3.11. The number of nitrogens with zero attached hydrogens (tertiary/aromatic N) is 1. The molecular weight excluding hydrogens is 360 g/mol. The second-order valence-corrected chi connectivity index (χ2v) is 8.91. The van der Waals surface area contributed by atoms with Crippen molar-refractivity contribution in [2.75, 3.05) is 17.1 Å². The van der Waals surface area contributed by atoms with Crippen molar-refractivity contribution in [3.05, 3.63) is 65.2 Å². The topological polar surface area (TPSA) is 66.5 Å². The summed E-state index contributed by atoms with van der Waals surface area (Å²) in [6.07, 6.45) is 2.78. The molecule has 0 aliphatic heterocycles. The van der Waals surface area contributed by atoms with Gasteiger partial charge in [-0.15, -0.1) is 0 Å². The van der Waals surface area contributed by atoms with Crippen LogP contribution >= 0.6 is 0 Å². The molecule has 0 bridgehead atoms. The van der Waals surface area contributed by atoms with Crippen LogP contribution in [0.3, 0.4) is 0 Å². The standard InChI is InChI=1S/C21H28N2O3S/c1-16-9-8-10-17(2)21(16)23(27(4,25)26)15-20(24)22-18(3)13-14-19-11-6-5-7-12-19/h5-12,18H,13-15H2,1-4H3,(H,22,24)/t18-/m0/s1. The third kappa shape index (κ3) is 6.10. The van der Waals surface area contributed by atoms with Crippen molar-refractivity contribution in [3.63, 3.8) is 0 Å². The molecule has 0 saturated heterocycles. The Labute approximate surface area is 162 Å². The van der Waals surface area contributed by atoms with Gasteiger partial charge in [0.15, 0.2) is 0 Å². The Bertz CT molecular complexity index is 859. The summed E-state index contributed by atoms with van der Waals surface area (Å²) >= 11 is 0. The Kier molecular flexibility index (Phi) is 7.02. The quantitative estimate of drug-likeness (QED) is 0.755. The van der Waals surface area contributed by atoms with Crippen LogP contribution in [0.5, 0.6) is 0 Å². The molecule has 6 heteroatoms. The van der Waals surface area contributed by atoms with Gasteiger partial charge in [0.2, 0.25) is 15.9 Å². The van der Waals surface area contributed by atoms with Crippen LogP contribution in [-0.4, -0.2) is 33.2 Å². The number of anilines is 1. The summed E-state index contributed by atoms with van der Waals surface area (Å²) in [5.74, 6) is -0.302. The van der Waals surface area contributed by atoms with Crippen molar-refractivity contribution < 1.29 is 13.2 Å². The summed E-state index contributed by atoms with van der Waals surface area (Å²) in [4.78, 5) is 12.5. The van der Waals surface area contributed by atoms with Crippen molar-refractivity contribution >= 4 is 21.6 Å². The van der Waals surface area contributed by atoms with Crippen LogP contribution in [0.4, 0.5) is 5.69 Å². The number of carbonyl (C=O) groups excluding carboxylic acids is 1. The number of aryl methyl sites for hydroxylation is 3. The zero-order valence-electron chi connectivity index (χ0n) is 16.4. The maximum atomic E-state index is 12.5. The van der Waals surface area contributed by atoms with Crippen molar-refractivity contribution in [2.45, 2.75) is 39.7 Å². The molecule has 0 aliphatic carbocycles. The van der Waals surface area contributed by atoms with E-state index in [9.17, 15) is 13.2 Å². The van der Waals surface area contributed by atoms with E-state index in [1.165, 1.54) is 9.87 Å². The molecule has 0 unspecified atom stereocenters. The molecule has 0 radical (unpaired) electrons. The number of para-hydroxylation sites is 1. The second-order valence-electron chi connectivity index (χ2n) is 7.00. The van der Waals surface area contributed by atoms with Crippen LogP contribution in [-0.2, 0) is 21.2 Å². The van der Waals surface area contributed by atoms with Crippen molar-refractivity contribution in [1.82, 2.24) is 5.32 Å². The number of hydrogen-bond donors (Lipinski definition) is 1. The molecule has 2 rings (SSSR count). The third-order valence-electron chi connectivity index (χ3n) is 4.49. The largest absolute Gasteiger partial charge is 0.352 e. The molecule has 0 heterocycles. The van der Waals surface area contributed by atoms with E-state index in [0.29, 0.717) is 5.69 Å². The van der Waals surface area contributed by atoms with Crippen LogP contribution in [0.1, 0.15) is 30.0 Å². The fourth-order valence-corrected chi connectivity index (χ4v) is 4.08. The molecule has 0 fully saturated rings. The van der Waals surface area contributed by atoms with Gasteiger partial charge < -0.3 is 5.32 Å². The maximum absolute atomic E-state index is 12.5. The van der Waals surface area contributed by atoms with Gasteiger partial charge in [-0.2, -0.15) is 0 Å². The fraction of sp³-hybridized carbons (Fsp3) is 0.381. The summed E-state index contributed by atoms with van der Waals surface area (Å²) in [5, 5.41) is 2.92. The first-order valence-corrected chi connectivity index (χ1v) is 10.9.